The smallest absolute Gasteiger partial charge is 0.191 e. The van der Waals surface area contributed by atoms with Gasteiger partial charge in [-0.15, -0.1) is 0 Å². The van der Waals surface area contributed by atoms with Crippen LogP contribution in [0.1, 0.15) is 42.4 Å². The molecule has 0 radical (unpaired) electrons. The Morgan fingerprint density at radius 1 is 1.13 bits per heavy atom. The van der Waals surface area contributed by atoms with Gasteiger partial charge in [0.1, 0.15) is 12.1 Å². The van der Waals surface area contributed by atoms with Gasteiger partial charge in [0.15, 0.2) is 11.8 Å². The Kier molecular flexibility index (Phi) is 6.82. The fraction of sp³-hybridized carbons (Fsp3) is 0.375. The quantitative estimate of drug-likeness (QED) is 0.399. The summed E-state index contributed by atoms with van der Waals surface area (Å²) in [5.41, 5.74) is 4.50. The van der Waals surface area contributed by atoms with Gasteiger partial charge in [-0.2, -0.15) is 5.10 Å². The number of aliphatic imine (C=N–C) groups is 1. The average molecular weight is 419 g/mol. The molecule has 0 unspecified atom stereocenters. The van der Waals surface area contributed by atoms with Crippen LogP contribution in [-0.2, 0) is 13.1 Å². The number of hydrogen-bond donors (Lipinski definition) is 3. The summed E-state index contributed by atoms with van der Waals surface area (Å²) < 4.78 is 6.32. The summed E-state index contributed by atoms with van der Waals surface area (Å²) in [5.74, 6) is 2.49. The number of aryl methyl sites for hydroxylation is 1. The van der Waals surface area contributed by atoms with E-state index in [1.54, 1.807) is 7.05 Å². The van der Waals surface area contributed by atoms with Gasteiger partial charge in [0.05, 0.1) is 6.10 Å². The van der Waals surface area contributed by atoms with Gasteiger partial charge in [-0.05, 0) is 55.9 Å². The minimum absolute atomic E-state index is 0.342. The third-order valence-corrected chi connectivity index (χ3v) is 5.56. The molecule has 2 aromatic carbocycles. The van der Waals surface area contributed by atoms with E-state index in [0.717, 1.165) is 47.1 Å². The van der Waals surface area contributed by atoms with E-state index in [2.05, 4.69) is 68.1 Å². The van der Waals surface area contributed by atoms with Crippen LogP contribution in [0.25, 0.3) is 11.4 Å². The summed E-state index contributed by atoms with van der Waals surface area (Å²) in [6, 6.07) is 14.6. The largest absolute Gasteiger partial charge is 0.490 e. The van der Waals surface area contributed by atoms with Crippen molar-refractivity contribution in [2.45, 2.75) is 51.8 Å². The molecule has 1 aliphatic carbocycles. The van der Waals surface area contributed by atoms with Crippen LogP contribution in [0.3, 0.4) is 0 Å². The van der Waals surface area contributed by atoms with Crippen LogP contribution in [-0.4, -0.2) is 34.3 Å². The first-order valence-electron chi connectivity index (χ1n) is 10.9. The Balaban J connectivity index is 1.35. The molecule has 4 rings (SSSR count). The van der Waals surface area contributed by atoms with Crippen molar-refractivity contribution in [3.05, 3.63) is 65.5 Å². The summed E-state index contributed by atoms with van der Waals surface area (Å²) in [6.45, 7) is 3.41. The molecule has 7 heteroatoms. The Labute approximate surface area is 183 Å². The molecule has 0 spiro atoms. The highest BCUT2D eigenvalue weighted by Gasteiger charge is 2.18. The maximum atomic E-state index is 6.32. The second-order valence-electron chi connectivity index (χ2n) is 7.95. The van der Waals surface area contributed by atoms with E-state index in [1.807, 2.05) is 12.1 Å². The molecule has 0 bridgehead atoms. The van der Waals surface area contributed by atoms with Gasteiger partial charge in [-0.25, -0.2) is 4.98 Å². The van der Waals surface area contributed by atoms with Crippen LogP contribution < -0.4 is 15.4 Å². The van der Waals surface area contributed by atoms with Crippen molar-refractivity contribution in [3.8, 4) is 17.1 Å². The zero-order chi connectivity index (χ0) is 21.5. The van der Waals surface area contributed by atoms with Crippen LogP contribution in [0.5, 0.6) is 5.75 Å². The van der Waals surface area contributed by atoms with Gasteiger partial charge >= 0.3 is 0 Å². The van der Waals surface area contributed by atoms with E-state index in [9.17, 15) is 0 Å². The third kappa shape index (κ3) is 5.63. The number of aromatic amines is 1. The molecular weight excluding hydrogens is 388 g/mol. The maximum Gasteiger partial charge on any atom is 0.191 e. The van der Waals surface area contributed by atoms with Crippen LogP contribution in [0.4, 0.5) is 0 Å². The second-order valence-corrected chi connectivity index (χ2v) is 7.95. The Hall–Kier alpha value is -3.35. The number of hydrogen-bond acceptors (Lipinski definition) is 4. The van der Waals surface area contributed by atoms with E-state index < -0.39 is 0 Å². The summed E-state index contributed by atoms with van der Waals surface area (Å²) in [7, 11) is 1.78. The molecule has 3 N–H and O–H groups in total. The van der Waals surface area contributed by atoms with Crippen molar-refractivity contribution < 1.29 is 4.74 Å². The number of nitrogens with one attached hydrogen (secondary N) is 3. The van der Waals surface area contributed by atoms with E-state index >= 15 is 0 Å². The molecular formula is C24H30N6O. The number of nitrogens with zero attached hydrogens (tertiary/aromatic N) is 3. The van der Waals surface area contributed by atoms with Crippen molar-refractivity contribution in [1.82, 2.24) is 25.8 Å². The van der Waals surface area contributed by atoms with E-state index in [4.69, 9.17) is 4.74 Å². The zero-order valence-corrected chi connectivity index (χ0v) is 18.2. The minimum Gasteiger partial charge on any atom is -0.490 e. The second kappa shape index (κ2) is 10.1. The first-order chi connectivity index (χ1) is 15.2. The van der Waals surface area contributed by atoms with Gasteiger partial charge in [0.2, 0.25) is 0 Å². The summed E-state index contributed by atoms with van der Waals surface area (Å²) in [4.78, 5) is 8.58. The van der Waals surface area contributed by atoms with Crippen LogP contribution in [0, 0.1) is 6.92 Å². The standard InChI is InChI=1S/C24H30N6O/c1-17-10-11-20(22(12-17)31-21-8-3-4-9-21)15-27-24(25-2)26-14-18-6-5-7-19(13-18)23-28-16-29-30-23/h5-7,10-13,16,21H,3-4,8-9,14-15H2,1-2H3,(H2,25,26,27)(H,28,29,30). The molecule has 1 aliphatic rings. The van der Waals surface area contributed by atoms with Gasteiger partial charge in [-0.3, -0.25) is 10.1 Å². The highest BCUT2D eigenvalue weighted by Crippen LogP contribution is 2.27. The molecule has 0 amide bonds. The number of benzene rings is 2. The molecule has 1 heterocycles. The zero-order valence-electron chi connectivity index (χ0n) is 18.2. The first kappa shape index (κ1) is 20.9. The lowest BCUT2D eigenvalue weighted by Crippen LogP contribution is -2.36. The molecule has 1 saturated carbocycles. The average Bonchev–Trinajstić information content (AvgIpc) is 3.50. The van der Waals surface area contributed by atoms with Gasteiger partial charge < -0.3 is 15.4 Å². The molecule has 1 aromatic heterocycles. The molecule has 31 heavy (non-hydrogen) atoms. The molecule has 7 nitrogen and oxygen atoms in total. The number of rotatable bonds is 7. The van der Waals surface area contributed by atoms with Crippen molar-refractivity contribution in [2.24, 2.45) is 4.99 Å². The molecule has 1 fully saturated rings. The van der Waals surface area contributed by atoms with Crippen molar-refractivity contribution in [1.29, 1.82) is 0 Å². The van der Waals surface area contributed by atoms with Crippen LogP contribution in [0.15, 0.2) is 53.8 Å². The van der Waals surface area contributed by atoms with E-state index in [1.165, 1.54) is 24.7 Å². The lowest BCUT2D eigenvalue weighted by molar-refractivity contribution is 0.207. The van der Waals surface area contributed by atoms with E-state index in [0.29, 0.717) is 19.2 Å². The summed E-state index contributed by atoms with van der Waals surface area (Å²) >= 11 is 0. The lowest BCUT2D eigenvalue weighted by atomic mass is 10.1. The minimum atomic E-state index is 0.342. The fourth-order valence-electron chi connectivity index (χ4n) is 3.86. The van der Waals surface area contributed by atoms with Gasteiger partial charge in [0.25, 0.3) is 0 Å². The maximum absolute atomic E-state index is 6.32. The fourth-order valence-corrected chi connectivity index (χ4v) is 3.86. The number of guanidine groups is 1. The Morgan fingerprint density at radius 3 is 2.74 bits per heavy atom. The third-order valence-electron chi connectivity index (χ3n) is 5.56. The predicted molar refractivity (Wildman–Crippen MR) is 123 cm³/mol. The number of H-pyrrole nitrogens is 1. The first-order valence-corrected chi connectivity index (χ1v) is 10.9. The SMILES string of the molecule is CN=C(NCc1cccc(-c2ncn[nH]2)c1)NCc1ccc(C)cc1OC1CCCC1. The molecule has 0 saturated heterocycles. The summed E-state index contributed by atoms with van der Waals surface area (Å²) in [5, 5.41) is 13.6. The monoisotopic (exact) mass is 418 g/mol. The molecule has 0 atom stereocenters. The predicted octanol–water partition coefficient (Wildman–Crippen LogP) is 3.97. The topological polar surface area (TPSA) is 87.2 Å². The highest BCUT2D eigenvalue weighted by molar-refractivity contribution is 5.79. The molecule has 3 aromatic rings. The van der Waals surface area contributed by atoms with Gasteiger partial charge in [0, 0.05) is 31.3 Å². The lowest BCUT2D eigenvalue weighted by Gasteiger charge is -2.18. The molecule has 0 aliphatic heterocycles. The highest BCUT2D eigenvalue weighted by atomic mass is 16.5. The summed E-state index contributed by atoms with van der Waals surface area (Å²) in [6.07, 6.45) is 6.68. The Morgan fingerprint density at radius 2 is 1.97 bits per heavy atom. The van der Waals surface area contributed by atoms with Crippen molar-refractivity contribution >= 4 is 5.96 Å². The van der Waals surface area contributed by atoms with Gasteiger partial charge in [-0.1, -0.05) is 30.3 Å². The number of ether oxygens (including phenoxy) is 1. The van der Waals surface area contributed by atoms with Crippen LogP contribution >= 0.6 is 0 Å². The van der Waals surface area contributed by atoms with Crippen molar-refractivity contribution in [2.75, 3.05) is 7.05 Å². The van der Waals surface area contributed by atoms with E-state index in [-0.39, 0.29) is 0 Å². The Bertz CT molecular complexity index is 1010. The van der Waals surface area contributed by atoms with Crippen LogP contribution in [0.2, 0.25) is 0 Å². The van der Waals surface area contributed by atoms with Crippen molar-refractivity contribution in [3.63, 3.8) is 0 Å². The number of aromatic nitrogens is 3. The normalized spacial score (nSPS) is 14.6. The molecule has 162 valence electrons.